The third kappa shape index (κ3) is 3.03. The average Bonchev–Trinajstić information content (AvgIpc) is 2.39. The van der Waals surface area contributed by atoms with Gasteiger partial charge >= 0.3 is 0 Å². The van der Waals surface area contributed by atoms with Crippen molar-refractivity contribution in [3.05, 3.63) is 28.8 Å². The molecule has 0 aliphatic carbocycles. The standard InChI is InChI=1S/C13H16ClNOS/c1-17-12-3-2-10(14)8-11(12)13(16)9-4-6-15-7-5-9/h2-3,8-9,15H,4-7H2,1H3. The first kappa shape index (κ1) is 12.9. The highest BCUT2D eigenvalue weighted by Crippen LogP contribution is 2.28. The molecule has 0 atom stereocenters. The van der Waals surface area contributed by atoms with Crippen molar-refractivity contribution in [2.24, 2.45) is 5.92 Å². The highest BCUT2D eigenvalue weighted by molar-refractivity contribution is 7.98. The molecular weight excluding hydrogens is 254 g/mol. The summed E-state index contributed by atoms with van der Waals surface area (Å²) in [5.41, 5.74) is 0.789. The Morgan fingerprint density at radius 3 is 2.76 bits per heavy atom. The number of thioether (sulfide) groups is 1. The molecular formula is C13H16ClNOS. The van der Waals surface area contributed by atoms with Gasteiger partial charge < -0.3 is 5.32 Å². The number of carbonyl (C=O) groups excluding carboxylic acids is 1. The number of piperidine rings is 1. The first-order chi connectivity index (χ1) is 8.22. The van der Waals surface area contributed by atoms with Crippen LogP contribution in [0.15, 0.2) is 23.1 Å². The molecule has 17 heavy (non-hydrogen) atoms. The van der Waals surface area contributed by atoms with Crippen LogP contribution in [0.2, 0.25) is 5.02 Å². The fourth-order valence-corrected chi connectivity index (χ4v) is 2.93. The van der Waals surface area contributed by atoms with Crippen molar-refractivity contribution >= 4 is 29.1 Å². The Morgan fingerprint density at radius 1 is 1.41 bits per heavy atom. The van der Waals surface area contributed by atoms with E-state index < -0.39 is 0 Å². The molecule has 92 valence electrons. The van der Waals surface area contributed by atoms with Crippen LogP contribution in [0.3, 0.4) is 0 Å². The molecule has 1 N–H and O–H groups in total. The molecule has 0 aromatic heterocycles. The van der Waals surface area contributed by atoms with Crippen LogP contribution in [0.4, 0.5) is 0 Å². The molecule has 1 aliphatic rings. The smallest absolute Gasteiger partial charge is 0.167 e. The van der Waals surface area contributed by atoms with Gasteiger partial charge in [-0.3, -0.25) is 4.79 Å². The van der Waals surface area contributed by atoms with Gasteiger partial charge in [0.25, 0.3) is 0 Å². The summed E-state index contributed by atoms with van der Waals surface area (Å²) in [6.07, 6.45) is 3.85. The topological polar surface area (TPSA) is 29.1 Å². The predicted octanol–water partition coefficient (Wildman–Crippen LogP) is 3.24. The quantitative estimate of drug-likeness (QED) is 0.675. The van der Waals surface area contributed by atoms with Crippen molar-refractivity contribution in [3.8, 4) is 0 Å². The molecule has 1 aliphatic heterocycles. The lowest BCUT2D eigenvalue weighted by Crippen LogP contribution is -2.32. The zero-order chi connectivity index (χ0) is 12.3. The summed E-state index contributed by atoms with van der Waals surface area (Å²) in [5, 5.41) is 3.92. The zero-order valence-corrected chi connectivity index (χ0v) is 11.4. The van der Waals surface area contributed by atoms with Gasteiger partial charge in [0.2, 0.25) is 0 Å². The summed E-state index contributed by atoms with van der Waals surface area (Å²) < 4.78 is 0. The first-order valence-electron chi connectivity index (χ1n) is 5.81. The molecule has 1 fully saturated rings. The van der Waals surface area contributed by atoms with E-state index in [4.69, 9.17) is 11.6 Å². The van der Waals surface area contributed by atoms with Crippen LogP contribution in [-0.4, -0.2) is 25.1 Å². The highest BCUT2D eigenvalue weighted by atomic mass is 35.5. The number of halogens is 1. The van der Waals surface area contributed by atoms with Crippen LogP contribution in [-0.2, 0) is 0 Å². The van der Waals surface area contributed by atoms with Crippen LogP contribution in [0.1, 0.15) is 23.2 Å². The van der Waals surface area contributed by atoms with Crippen molar-refractivity contribution in [2.45, 2.75) is 17.7 Å². The number of ketones is 1. The Labute approximate surface area is 111 Å². The summed E-state index contributed by atoms with van der Waals surface area (Å²) in [7, 11) is 0. The predicted molar refractivity (Wildman–Crippen MR) is 73.2 cm³/mol. The second-order valence-electron chi connectivity index (χ2n) is 4.23. The lowest BCUT2D eigenvalue weighted by molar-refractivity contribution is 0.0892. The van der Waals surface area contributed by atoms with Gasteiger partial charge in [-0.2, -0.15) is 0 Å². The van der Waals surface area contributed by atoms with Crippen molar-refractivity contribution in [1.82, 2.24) is 5.32 Å². The van der Waals surface area contributed by atoms with Gasteiger partial charge in [0.1, 0.15) is 0 Å². The lowest BCUT2D eigenvalue weighted by atomic mass is 9.89. The number of nitrogens with one attached hydrogen (secondary N) is 1. The number of Topliss-reactive ketones (excluding diaryl/α,β-unsaturated/α-hetero) is 1. The number of hydrogen-bond acceptors (Lipinski definition) is 3. The monoisotopic (exact) mass is 269 g/mol. The van der Waals surface area contributed by atoms with E-state index in [1.54, 1.807) is 17.8 Å². The molecule has 2 rings (SSSR count). The first-order valence-corrected chi connectivity index (χ1v) is 7.41. The van der Waals surface area contributed by atoms with Gasteiger partial charge in [-0.25, -0.2) is 0 Å². The van der Waals surface area contributed by atoms with Crippen molar-refractivity contribution in [3.63, 3.8) is 0 Å². The third-order valence-corrected chi connectivity index (χ3v) is 4.17. The van der Waals surface area contributed by atoms with Gasteiger partial charge in [-0.15, -0.1) is 11.8 Å². The zero-order valence-electron chi connectivity index (χ0n) is 9.83. The Kier molecular flexibility index (Phi) is 4.48. The van der Waals surface area contributed by atoms with E-state index in [-0.39, 0.29) is 11.7 Å². The summed E-state index contributed by atoms with van der Waals surface area (Å²) in [5.74, 6) is 0.402. The maximum atomic E-state index is 12.4. The fourth-order valence-electron chi connectivity index (χ4n) is 2.18. The van der Waals surface area contributed by atoms with E-state index in [1.165, 1.54) is 0 Å². The maximum absolute atomic E-state index is 12.4. The van der Waals surface area contributed by atoms with E-state index in [1.807, 2.05) is 18.4 Å². The summed E-state index contributed by atoms with van der Waals surface area (Å²) in [6.45, 7) is 1.87. The second-order valence-corrected chi connectivity index (χ2v) is 5.52. The Balaban J connectivity index is 2.25. The maximum Gasteiger partial charge on any atom is 0.167 e. The molecule has 0 unspecified atom stereocenters. The minimum atomic E-state index is 0.153. The minimum Gasteiger partial charge on any atom is -0.317 e. The van der Waals surface area contributed by atoms with Crippen molar-refractivity contribution < 1.29 is 4.79 Å². The van der Waals surface area contributed by atoms with Crippen LogP contribution in [0.25, 0.3) is 0 Å². The molecule has 0 radical (unpaired) electrons. The van der Waals surface area contributed by atoms with Crippen LogP contribution in [0.5, 0.6) is 0 Å². The van der Waals surface area contributed by atoms with Gasteiger partial charge in [0.15, 0.2) is 5.78 Å². The molecule has 0 bridgehead atoms. The molecule has 1 aromatic carbocycles. The summed E-state index contributed by atoms with van der Waals surface area (Å²) in [4.78, 5) is 13.5. The number of carbonyl (C=O) groups is 1. The second kappa shape index (κ2) is 5.89. The lowest BCUT2D eigenvalue weighted by Gasteiger charge is -2.22. The largest absolute Gasteiger partial charge is 0.317 e. The highest BCUT2D eigenvalue weighted by Gasteiger charge is 2.24. The van der Waals surface area contributed by atoms with Crippen molar-refractivity contribution in [2.75, 3.05) is 19.3 Å². The van der Waals surface area contributed by atoms with Gasteiger partial charge in [0.05, 0.1) is 0 Å². The van der Waals surface area contributed by atoms with Gasteiger partial charge in [-0.05, 0) is 50.4 Å². The molecule has 0 spiro atoms. The minimum absolute atomic E-state index is 0.153. The third-order valence-electron chi connectivity index (χ3n) is 3.14. The van der Waals surface area contributed by atoms with Crippen LogP contribution in [0, 0.1) is 5.92 Å². The molecule has 2 nitrogen and oxygen atoms in total. The number of benzene rings is 1. The molecule has 1 saturated heterocycles. The molecule has 1 heterocycles. The SMILES string of the molecule is CSc1ccc(Cl)cc1C(=O)C1CCNCC1. The Bertz CT molecular complexity index is 416. The van der Waals surface area contributed by atoms with E-state index in [9.17, 15) is 4.79 Å². The van der Waals surface area contributed by atoms with Crippen LogP contribution < -0.4 is 5.32 Å². The Morgan fingerprint density at radius 2 is 2.12 bits per heavy atom. The van der Waals surface area contributed by atoms with Gasteiger partial charge in [0, 0.05) is 21.4 Å². The molecule has 0 saturated carbocycles. The van der Waals surface area contributed by atoms with Crippen LogP contribution >= 0.6 is 23.4 Å². The number of rotatable bonds is 3. The average molecular weight is 270 g/mol. The molecule has 1 aromatic rings. The van der Waals surface area contributed by atoms with E-state index in [2.05, 4.69) is 5.32 Å². The van der Waals surface area contributed by atoms with Gasteiger partial charge in [-0.1, -0.05) is 11.6 Å². The molecule has 0 amide bonds. The Hall–Kier alpha value is -0.510. The summed E-state index contributed by atoms with van der Waals surface area (Å²) >= 11 is 7.58. The van der Waals surface area contributed by atoms with E-state index >= 15 is 0 Å². The normalized spacial score (nSPS) is 17.1. The van der Waals surface area contributed by atoms with E-state index in [0.29, 0.717) is 5.02 Å². The number of hydrogen-bond donors (Lipinski definition) is 1. The fraction of sp³-hybridized carbons (Fsp3) is 0.462. The summed E-state index contributed by atoms with van der Waals surface area (Å²) in [6, 6.07) is 5.58. The van der Waals surface area contributed by atoms with Crippen molar-refractivity contribution in [1.29, 1.82) is 0 Å². The molecule has 4 heteroatoms. The van der Waals surface area contributed by atoms with E-state index in [0.717, 1.165) is 36.4 Å².